The molecule has 0 aliphatic carbocycles. The number of nitrogens with zero attached hydrogens (tertiary/aromatic N) is 1. The van der Waals surface area contributed by atoms with Crippen molar-refractivity contribution in [1.29, 1.82) is 0 Å². The molecule has 0 unspecified atom stereocenters. The lowest BCUT2D eigenvalue weighted by atomic mass is 10.2. The van der Waals surface area contributed by atoms with Crippen molar-refractivity contribution in [2.75, 3.05) is 6.54 Å². The summed E-state index contributed by atoms with van der Waals surface area (Å²) in [5.74, 6) is -0.236. The van der Waals surface area contributed by atoms with Crippen LogP contribution in [0.4, 0.5) is 4.39 Å². The summed E-state index contributed by atoms with van der Waals surface area (Å²) in [6, 6.07) is 1.53. The van der Waals surface area contributed by atoms with Gasteiger partial charge in [-0.1, -0.05) is 6.92 Å². The molecule has 1 aromatic rings. The van der Waals surface area contributed by atoms with Crippen molar-refractivity contribution in [2.24, 2.45) is 5.73 Å². The molecule has 0 radical (unpaired) electrons. The summed E-state index contributed by atoms with van der Waals surface area (Å²) >= 11 is 0. The van der Waals surface area contributed by atoms with Crippen molar-refractivity contribution in [3.05, 3.63) is 29.3 Å². The van der Waals surface area contributed by atoms with Crippen molar-refractivity contribution < 1.29 is 4.39 Å². The van der Waals surface area contributed by atoms with E-state index >= 15 is 0 Å². The summed E-state index contributed by atoms with van der Waals surface area (Å²) in [6.07, 6.45) is 3.02. The number of nitrogens with two attached hydrogens (primary N) is 1. The van der Waals surface area contributed by atoms with Crippen molar-refractivity contribution in [3.8, 4) is 0 Å². The molecule has 0 bridgehead atoms. The van der Waals surface area contributed by atoms with Crippen LogP contribution in [0.1, 0.15) is 18.2 Å². The van der Waals surface area contributed by atoms with E-state index in [9.17, 15) is 4.39 Å². The quantitative estimate of drug-likeness (QED) is 0.738. The van der Waals surface area contributed by atoms with E-state index in [0.29, 0.717) is 18.7 Å². The third-order valence-electron chi connectivity index (χ3n) is 1.76. The van der Waals surface area contributed by atoms with Crippen LogP contribution in [-0.2, 0) is 12.8 Å². The smallest absolute Gasteiger partial charge is 0.145 e. The average molecular weight is 168 g/mol. The number of aryl methyl sites for hydroxylation is 1. The predicted octanol–water partition coefficient (Wildman–Crippen LogP) is 1.28. The highest BCUT2D eigenvalue weighted by atomic mass is 19.1. The molecule has 2 nitrogen and oxygen atoms in total. The molecule has 0 aromatic carbocycles. The molecule has 0 saturated carbocycles. The Morgan fingerprint density at radius 3 is 2.83 bits per heavy atom. The Bertz CT molecular complexity index is 261. The van der Waals surface area contributed by atoms with E-state index in [4.69, 9.17) is 5.73 Å². The first-order valence-corrected chi connectivity index (χ1v) is 4.11. The Labute approximate surface area is 71.6 Å². The Kier molecular flexibility index (Phi) is 3.17. The Morgan fingerprint density at radius 2 is 2.33 bits per heavy atom. The first kappa shape index (κ1) is 9.13. The van der Waals surface area contributed by atoms with Gasteiger partial charge in [0.15, 0.2) is 0 Å². The van der Waals surface area contributed by atoms with Crippen molar-refractivity contribution in [2.45, 2.75) is 19.8 Å². The van der Waals surface area contributed by atoms with Crippen molar-refractivity contribution >= 4 is 0 Å². The minimum Gasteiger partial charge on any atom is -0.330 e. The second-order valence-electron chi connectivity index (χ2n) is 2.66. The van der Waals surface area contributed by atoms with Crippen LogP contribution in [0.2, 0.25) is 0 Å². The standard InChI is InChI=1S/C9H13FN2/c1-2-7-5-8(10)9(3-4-11)12-6-7/h5-6H,2-4,11H2,1H3. The van der Waals surface area contributed by atoms with Crippen LogP contribution in [0.15, 0.2) is 12.3 Å². The second kappa shape index (κ2) is 4.16. The Balaban J connectivity index is 2.87. The first-order chi connectivity index (χ1) is 5.77. The molecule has 2 N–H and O–H groups in total. The summed E-state index contributed by atoms with van der Waals surface area (Å²) in [4.78, 5) is 3.98. The third kappa shape index (κ3) is 2.01. The number of pyridine rings is 1. The Morgan fingerprint density at radius 1 is 1.58 bits per heavy atom. The fourth-order valence-electron chi connectivity index (χ4n) is 1.02. The van der Waals surface area contributed by atoms with Gasteiger partial charge in [0.25, 0.3) is 0 Å². The van der Waals surface area contributed by atoms with E-state index in [1.165, 1.54) is 6.07 Å². The van der Waals surface area contributed by atoms with Gasteiger partial charge in [0.2, 0.25) is 0 Å². The third-order valence-corrected chi connectivity index (χ3v) is 1.76. The minimum absolute atomic E-state index is 0.236. The van der Waals surface area contributed by atoms with Gasteiger partial charge < -0.3 is 5.73 Å². The highest BCUT2D eigenvalue weighted by Crippen LogP contribution is 2.07. The second-order valence-corrected chi connectivity index (χ2v) is 2.66. The van der Waals surface area contributed by atoms with E-state index in [0.717, 1.165) is 12.0 Å². The highest BCUT2D eigenvalue weighted by molar-refractivity contribution is 5.16. The van der Waals surface area contributed by atoms with Crippen LogP contribution in [0.25, 0.3) is 0 Å². The fraction of sp³-hybridized carbons (Fsp3) is 0.444. The minimum atomic E-state index is -0.236. The monoisotopic (exact) mass is 168 g/mol. The van der Waals surface area contributed by atoms with Crippen LogP contribution in [0, 0.1) is 5.82 Å². The van der Waals surface area contributed by atoms with Crippen LogP contribution < -0.4 is 5.73 Å². The molecule has 1 heterocycles. The number of hydrogen-bond donors (Lipinski definition) is 1. The van der Waals surface area contributed by atoms with E-state index in [-0.39, 0.29) is 5.82 Å². The summed E-state index contributed by atoms with van der Waals surface area (Å²) in [5, 5.41) is 0. The normalized spacial score (nSPS) is 10.2. The molecule has 1 rings (SSSR count). The van der Waals surface area contributed by atoms with Gasteiger partial charge in [-0.05, 0) is 24.6 Å². The lowest BCUT2D eigenvalue weighted by Crippen LogP contribution is -2.06. The van der Waals surface area contributed by atoms with Gasteiger partial charge in [0.05, 0.1) is 5.69 Å². The van der Waals surface area contributed by atoms with E-state index < -0.39 is 0 Å². The molecule has 0 aliphatic rings. The van der Waals surface area contributed by atoms with Gasteiger partial charge in [-0.15, -0.1) is 0 Å². The molecule has 0 atom stereocenters. The largest absolute Gasteiger partial charge is 0.330 e. The summed E-state index contributed by atoms with van der Waals surface area (Å²) in [5.41, 5.74) is 6.68. The molecule has 66 valence electrons. The zero-order valence-electron chi connectivity index (χ0n) is 7.18. The summed E-state index contributed by atoms with van der Waals surface area (Å²) in [6.45, 7) is 2.41. The SMILES string of the molecule is CCc1cnc(CCN)c(F)c1. The highest BCUT2D eigenvalue weighted by Gasteiger charge is 2.02. The first-order valence-electron chi connectivity index (χ1n) is 4.11. The predicted molar refractivity (Wildman–Crippen MR) is 46.3 cm³/mol. The van der Waals surface area contributed by atoms with Crippen LogP contribution in [0.5, 0.6) is 0 Å². The number of aromatic nitrogens is 1. The number of halogens is 1. The number of hydrogen-bond acceptors (Lipinski definition) is 2. The Hall–Kier alpha value is -0.960. The molecule has 12 heavy (non-hydrogen) atoms. The molecule has 0 saturated heterocycles. The van der Waals surface area contributed by atoms with Gasteiger partial charge in [-0.25, -0.2) is 4.39 Å². The van der Waals surface area contributed by atoms with Gasteiger partial charge in [-0.2, -0.15) is 0 Å². The van der Waals surface area contributed by atoms with E-state index in [1.807, 2.05) is 6.92 Å². The van der Waals surface area contributed by atoms with Crippen LogP contribution in [-0.4, -0.2) is 11.5 Å². The van der Waals surface area contributed by atoms with E-state index in [2.05, 4.69) is 4.98 Å². The molecule has 1 aromatic heterocycles. The lowest BCUT2D eigenvalue weighted by molar-refractivity contribution is 0.596. The average Bonchev–Trinajstić information content (AvgIpc) is 2.09. The molecule has 3 heteroatoms. The van der Waals surface area contributed by atoms with Gasteiger partial charge in [-0.3, -0.25) is 4.98 Å². The molecule has 0 aliphatic heterocycles. The molecule has 0 spiro atoms. The fourth-order valence-corrected chi connectivity index (χ4v) is 1.02. The van der Waals surface area contributed by atoms with E-state index in [1.54, 1.807) is 6.20 Å². The topological polar surface area (TPSA) is 38.9 Å². The maximum atomic E-state index is 13.1. The van der Waals surface area contributed by atoms with Gasteiger partial charge in [0.1, 0.15) is 5.82 Å². The molecule has 0 amide bonds. The zero-order chi connectivity index (χ0) is 8.97. The zero-order valence-corrected chi connectivity index (χ0v) is 7.18. The van der Waals surface area contributed by atoms with Gasteiger partial charge in [0, 0.05) is 12.6 Å². The van der Waals surface area contributed by atoms with Crippen molar-refractivity contribution in [3.63, 3.8) is 0 Å². The molecular formula is C9H13FN2. The maximum Gasteiger partial charge on any atom is 0.145 e. The van der Waals surface area contributed by atoms with Crippen LogP contribution >= 0.6 is 0 Å². The number of rotatable bonds is 3. The van der Waals surface area contributed by atoms with Gasteiger partial charge >= 0.3 is 0 Å². The lowest BCUT2D eigenvalue weighted by Gasteiger charge is -2.01. The summed E-state index contributed by atoms with van der Waals surface area (Å²) in [7, 11) is 0. The van der Waals surface area contributed by atoms with Crippen molar-refractivity contribution in [1.82, 2.24) is 4.98 Å². The maximum absolute atomic E-state index is 13.1. The summed E-state index contributed by atoms with van der Waals surface area (Å²) < 4.78 is 13.1. The molecular weight excluding hydrogens is 155 g/mol. The molecule has 0 fully saturated rings. The van der Waals surface area contributed by atoms with Crippen LogP contribution in [0.3, 0.4) is 0 Å².